The largest absolute Gasteiger partial charge is 0.444 e. The lowest BCUT2D eigenvalue weighted by Gasteiger charge is -2.27. The summed E-state index contributed by atoms with van der Waals surface area (Å²) in [5, 5.41) is 5.00. The second-order valence-corrected chi connectivity index (χ2v) is 12.7. The van der Waals surface area contributed by atoms with E-state index in [-0.39, 0.29) is 23.3 Å². The molecular weight excluding hydrogens is 454 g/mol. The van der Waals surface area contributed by atoms with Gasteiger partial charge in [-0.15, -0.1) is 0 Å². The number of carbonyl (C=O) groups excluding carboxylic acids is 1. The van der Waals surface area contributed by atoms with Crippen LogP contribution in [0.25, 0.3) is 11.4 Å². The molecule has 8 heteroatoms. The smallest absolute Gasteiger partial charge is 0.410 e. The normalized spacial score (nSPS) is 21.7. The maximum absolute atomic E-state index is 13.0. The molecular formula is C28H43N5O3. The number of benzene rings is 1. The Hall–Kier alpha value is -2.61. The molecule has 0 bridgehead atoms. The minimum Gasteiger partial charge on any atom is -0.444 e. The second-order valence-electron chi connectivity index (χ2n) is 12.7. The minimum atomic E-state index is -0.528. The third-order valence-corrected chi connectivity index (χ3v) is 6.94. The van der Waals surface area contributed by atoms with Gasteiger partial charge in [0.15, 0.2) is 5.82 Å². The first-order valence-corrected chi connectivity index (χ1v) is 13.2. The third kappa shape index (κ3) is 6.78. The average Bonchev–Trinajstić information content (AvgIpc) is 3.37. The Labute approximate surface area is 215 Å². The first-order valence-electron chi connectivity index (χ1n) is 13.2. The fourth-order valence-electron chi connectivity index (χ4n) is 5.32. The van der Waals surface area contributed by atoms with Crippen LogP contribution in [0.2, 0.25) is 0 Å². The standard InChI is InChI=1S/C28H43N5O3/c1-27(2,3)15-21-17-32(26(34)36-28(4,5)6)18-23(21)25-30-24(20-7-9-22(29)10-8-20)31-33(25)16-19-11-13-35-14-12-19/h7-10,19,21,23H,11-18,29H2,1-6H3/t21-,23-/m1/s1. The van der Waals surface area contributed by atoms with Gasteiger partial charge in [-0.2, -0.15) is 5.10 Å². The lowest BCUT2D eigenvalue weighted by atomic mass is 9.80. The minimum absolute atomic E-state index is 0.0895. The van der Waals surface area contributed by atoms with Crippen LogP contribution in [0.1, 0.15) is 72.5 Å². The molecule has 0 radical (unpaired) electrons. The molecule has 2 aliphatic rings. The third-order valence-electron chi connectivity index (χ3n) is 6.94. The molecule has 198 valence electrons. The summed E-state index contributed by atoms with van der Waals surface area (Å²) in [7, 11) is 0. The van der Waals surface area contributed by atoms with E-state index in [1.807, 2.05) is 49.9 Å². The van der Waals surface area contributed by atoms with Gasteiger partial charge in [-0.3, -0.25) is 0 Å². The van der Waals surface area contributed by atoms with Crippen LogP contribution >= 0.6 is 0 Å². The van der Waals surface area contributed by atoms with Crippen molar-refractivity contribution in [2.45, 2.75) is 78.9 Å². The highest BCUT2D eigenvalue weighted by Gasteiger charge is 2.42. The van der Waals surface area contributed by atoms with E-state index in [4.69, 9.17) is 25.3 Å². The van der Waals surface area contributed by atoms with Crippen molar-refractivity contribution in [1.82, 2.24) is 19.7 Å². The van der Waals surface area contributed by atoms with Crippen molar-refractivity contribution in [3.63, 3.8) is 0 Å². The van der Waals surface area contributed by atoms with Gasteiger partial charge in [-0.05, 0) is 81.5 Å². The summed E-state index contributed by atoms with van der Waals surface area (Å²) < 4.78 is 13.4. The maximum Gasteiger partial charge on any atom is 0.410 e. The van der Waals surface area contributed by atoms with Gasteiger partial charge in [0.1, 0.15) is 11.4 Å². The van der Waals surface area contributed by atoms with Crippen molar-refractivity contribution in [2.24, 2.45) is 17.3 Å². The first-order chi connectivity index (χ1) is 16.9. The lowest BCUT2D eigenvalue weighted by Crippen LogP contribution is -2.35. The predicted molar refractivity (Wildman–Crippen MR) is 142 cm³/mol. The van der Waals surface area contributed by atoms with Crippen LogP contribution in [0.3, 0.4) is 0 Å². The van der Waals surface area contributed by atoms with Gasteiger partial charge in [0, 0.05) is 50.0 Å². The summed E-state index contributed by atoms with van der Waals surface area (Å²) in [6.07, 6.45) is 2.78. The second kappa shape index (κ2) is 10.4. The molecule has 0 aliphatic carbocycles. The Morgan fingerprint density at radius 3 is 2.36 bits per heavy atom. The van der Waals surface area contributed by atoms with Gasteiger partial charge in [0.05, 0.1) is 0 Å². The molecule has 3 heterocycles. The molecule has 2 N–H and O–H groups in total. The molecule has 2 aromatic rings. The van der Waals surface area contributed by atoms with E-state index in [9.17, 15) is 4.79 Å². The fourth-order valence-corrected chi connectivity index (χ4v) is 5.32. The topological polar surface area (TPSA) is 95.5 Å². The SMILES string of the molecule is CC(C)(C)C[C@@H]1CN(C(=O)OC(C)(C)C)C[C@H]1c1nc(-c2ccc(N)cc2)nn1CC1CCOCC1. The number of nitrogen functional groups attached to an aromatic ring is 1. The van der Waals surface area contributed by atoms with Gasteiger partial charge >= 0.3 is 6.09 Å². The lowest BCUT2D eigenvalue weighted by molar-refractivity contribution is 0.0283. The molecule has 2 aliphatic heterocycles. The van der Waals surface area contributed by atoms with E-state index >= 15 is 0 Å². The summed E-state index contributed by atoms with van der Waals surface area (Å²) in [6.45, 7) is 16.2. The highest BCUT2D eigenvalue weighted by molar-refractivity contribution is 5.68. The Morgan fingerprint density at radius 1 is 1.08 bits per heavy atom. The van der Waals surface area contributed by atoms with E-state index < -0.39 is 5.60 Å². The van der Waals surface area contributed by atoms with E-state index in [1.54, 1.807) is 0 Å². The summed E-state index contributed by atoms with van der Waals surface area (Å²) in [5.74, 6) is 2.54. The number of amides is 1. The van der Waals surface area contributed by atoms with Crippen molar-refractivity contribution < 1.29 is 14.3 Å². The van der Waals surface area contributed by atoms with Crippen molar-refractivity contribution >= 4 is 11.8 Å². The molecule has 0 saturated carbocycles. The summed E-state index contributed by atoms with van der Waals surface area (Å²) in [4.78, 5) is 20.0. The van der Waals surface area contributed by atoms with Crippen molar-refractivity contribution in [2.75, 3.05) is 32.0 Å². The zero-order valence-corrected chi connectivity index (χ0v) is 22.8. The van der Waals surface area contributed by atoms with Gasteiger partial charge in [0.2, 0.25) is 0 Å². The van der Waals surface area contributed by atoms with Crippen LogP contribution in [0, 0.1) is 17.3 Å². The van der Waals surface area contributed by atoms with Crippen LogP contribution in [-0.2, 0) is 16.0 Å². The monoisotopic (exact) mass is 497 g/mol. The van der Waals surface area contributed by atoms with E-state index in [2.05, 4.69) is 25.5 Å². The fraction of sp³-hybridized carbons (Fsp3) is 0.679. The summed E-state index contributed by atoms with van der Waals surface area (Å²) in [5.41, 5.74) is 7.18. The van der Waals surface area contributed by atoms with Gasteiger partial charge in [0.25, 0.3) is 0 Å². The molecule has 1 aromatic heterocycles. The van der Waals surface area contributed by atoms with Crippen LogP contribution < -0.4 is 5.73 Å². The molecule has 1 aromatic carbocycles. The molecule has 2 saturated heterocycles. The average molecular weight is 498 g/mol. The van der Waals surface area contributed by atoms with Crippen LogP contribution in [0.5, 0.6) is 0 Å². The number of aromatic nitrogens is 3. The van der Waals surface area contributed by atoms with Crippen molar-refractivity contribution in [1.29, 1.82) is 0 Å². The molecule has 0 unspecified atom stereocenters. The molecule has 2 fully saturated rings. The van der Waals surface area contributed by atoms with Crippen LogP contribution in [0.15, 0.2) is 24.3 Å². The van der Waals surface area contributed by atoms with E-state index in [0.717, 1.165) is 56.1 Å². The molecule has 8 nitrogen and oxygen atoms in total. The number of carbonyl (C=O) groups is 1. The number of hydrogen-bond acceptors (Lipinski definition) is 6. The highest BCUT2D eigenvalue weighted by atomic mass is 16.6. The zero-order chi connectivity index (χ0) is 26.1. The van der Waals surface area contributed by atoms with Crippen molar-refractivity contribution in [3.05, 3.63) is 30.1 Å². The first kappa shape index (κ1) is 26.5. The molecule has 0 spiro atoms. The van der Waals surface area contributed by atoms with E-state index in [1.165, 1.54) is 0 Å². The molecule has 4 rings (SSSR count). The number of nitrogens with zero attached hydrogens (tertiary/aromatic N) is 4. The van der Waals surface area contributed by atoms with Crippen molar-refractivity contribution in [3.8, 4) is 11.4 Å². The van der Waals surface area contributed by atoms with Gasteiger partial charge < -0.3 is 20.1 Å². The Bertz CT molecular complexity index is 1030. The number of anilines is 1. The quantitative estimate of drug-likeness (QED) is 0.560. The maximum atomic E-state index is 13.0. The predicted octanol–water partition coefficient (Wildman–Crippen LogP) is 5.34. The highest BCUT2D eigenvalue weighted by Crippen LogP contribution is 2.40. The summed E-state index contributed by atoms with van der Waals surface area (Å²) >= 11 is 0. The number of rotatable bonds is 5. The number of hydrogen-bond donors (Lipinski definition) is 1. The van der Waals surface area contributed by atoms with Crippen LogP contribution in [-0.4, -0.2) is 57.7 Å². The van der Waals surface area contributed by atoms with Gasteiger partial charge in [-0.1, -0.05) is 20.8 Å². The van der Waals surface area contributed by atoms with E-state index in [0.29, 0.717) is 24.8 Å². The Kier molecular flexibility index (Phi) is 7.64. The summed E-state index contributed by atoms with van der Waals surface area (Å²) in [6, 6.07) is 7.72. The van der Waals surface area contributed by atoms with Gasteiger partial charge in [-0.25, -0.2) is 14.5 Å². The van der Waals surface area contributed by atoms with Crippen LogP contribution in [0.4, 0.5) is 10.5 Å². The Morgan fingerprint density at radius 2 is 1.75 bits per heavy atom. The zero-order valence-electron chi connectivity index (χ0n) is 22.8. The molecule has 36 heavy (non-hydrogen) atoms. The number of likely N-dealkylation sites (tertiary alicyclic amines) is 1. The number of ether oxygens (including phenoxy) is 2. The Balaban J connectivity index is 1.68. The number of nitrogens with two attached hydrogens (primary N) is 1. The molecule has 1 amide bonds. The molecule has 2 atom stereocenters.